The monoisotopic (exact) mass is 283 g/mol. The van der Waals surface area contributed by atoms with Crippen molar-refractivity contribution < 1.29 is 0 Å². The molecule has 0 spiro atoms. The molecule has 0 saturated carbocycles. The molecule has 0 fully saturated rings. The first-order valence-electron chi connectivity index (χ1n) is 6.23. The average molecular weight is 283 g/mol. The second-order valence-corrected chi connectivity index (χ2v) is 6.64. The van der Waals surface area contributed by atoms with Crippen LogP contribution in [-0.2, 0) is 12.8 Å². The highest BCUT2D eigenvalue weighted by Crippen LogP contribution is 2.41. The van der Waals surface area contributed by atoms with Crippen LogP contribution in [0, 0.1) is 0 Å². The molecule has 5 heteroatoms. The lowest BCUT2D eigenvalue weighted by atomic mass is 10.1. The van der Waals surface area contributed by atoms with E-state index in [-0.39, 0.29) is 0 Å². The zero-order valence-corrected chi connectivity index (χ0v) is 11.6. The fraction of sp³-hybridized carbons (Fsp3) is 0.143. The summed E-state index contributed by atoms with van der Waals surface area (Å²) < 4.78 is 2.32. The van der Waals surface area contributed by atoms with Gasteiger partial charge in [-0.05, 0) is 25.0 Å². The maximum atomic E-state index is 4.73. The lowest BCUT2D eigenvalue weighted by Crippen LogP contribution is -2.02. The number of benzene rings is 1. The molecular weight excluding hydrogens is 274 g/mol. The summed E-state index contributed by atoms with van der Waals surface area (Å²) in [6.07, 6.45) is 2.19. The molecule has 1 aliphatic rings. The minimum absolute atomic E-state index is 1.08. The quantitative estimate of drug-likeness (QED) is 0.492. The highest BCUT2D eigenvalue weighted by molar-refractivity contribution is 7.21. The van der Waals surface area contributed by atoms with Gasteiger partial charge in [0.25, 0.3) is 0 Å². The van der Waals surface area contributed by atoms with Crippen LogP contribution in [0.4, 0.5) is 0 Å². The fourth-order valence-electron chi connectivity index (χ4n) is 2.86. The van der Waals surface area contributed by atoms with E-state index in [1.54, 1.807) is 22.7 Å². The summed E-state index contributed by atoms with van der Waals surface area (Å²) in [4.78, 5) is 13.1. The third-order valence-corrected chi connectivity index (χ3v) is 5.68. The van der Waals surface area contributed by atoms with Crippen LogP contribution in [0.5, 0.6) is 0 Å². The van der Waals surface area contributed by atoms with Gasteiger partial charge in [-0.15, -0.1) is 11.3 Å². The van der Waals surface area contributed by atoms with E-state index < -0.39 is 0 Å². The zero-order chi connectivity index (χ0) is 12.4. The summed E-state index contributed by atoms with van der Waals surface area (Å²) in [5.41, 5.74) is 6.83. The Morgan fingerprint density at radius 1 is 1.16 bits per heavy atom. The number of aryl methyl sites for hydroxylation is 2. The molecule has 19 heavy (non-hydrogen) atoms. The summed E-state index contributed by atoms with van der Waals surface area (Å²) in [7, 11) is 0. The Balaban J connectivity index is 1.96. The van der Waals surface area contributed by atoms with Crippen LogP contribution in [0.3, 0.4) is 0 Å². The second-order valence-electron chi connectivity index (χ2n) is 4.72. The molecule has 0 saturated heterocycles. The fourth-order valence-corrected chi connectivity index (χ4v) is 4.91. The lowest BCUT2D eigenvalue weighted by Gasteiger charge is -2.10. The second kappa shape index (κ2) is 3.43. The standard InChI is InChI=1S/C14H9N3S2/c1-2-4-9-8(3-1)16-14-17(9)10-5-6-11-12(13(10)19-14)15-7-18-11/h1-4,7H,5-6H2. The summed E-state index contributed by atoms with van der Waals surface area (Å²) in [6, 6.07) is 8.36. The predicted molar refractivity (Wildman–Crippen MR) is 79.1 cm³/mol. The zero-order valence-electron chi connectivity index (χ0n) is 9.96. The van der Waals surface area contributed by atoms with Crippen LogP contribution in [-0.4, -0.2) is 14.4 Å². The van der Waals surface area contributed by atoms with Crippen molar-refractivity contribution in [3.05, 3.63) is 40.3 Å². The summed E-state index contributed by atoms with van der Waals surface area (Å²) in [5.74, 6) is 0. The van der Waals surface area contributed by atoms with E-state index in [2.05, 4.69) is 27.6 Å². The Morgan fingerprint density at radius 2 is 2.11 bits per heavy atom. The molecule has 0 radical (unpaired) electrons. The van der Waals surface area contributed by atoms with Crippen molar-refractivity contribution in [2.45, 2.75) is 12.8 Å². The maximum absolute atomic E-state index is 4.73. The first-order valence-corrected chi connectivity index (χ1v) is 7.93. The molecule has 1 aromatic carbocycles. The highest BCUT2D eigenvalue weighted by atomic mass is 32.1. The smallest absolute Gasteiger partial charge is 0.195 e. The van der Waals surface area contributed by atoms with Crippen molar-refractivity contribution >= 4 is 38.7 Å². The van der Waals surface area contributed by atoms with Gasteiger partial charge in [-0.1, -0.05) is 23.5 Å². The van der Waals surface area contributed by atoms with Gasteiger partial charge in [0.1, 0.15) is 0 Å². The lowest BCUT2D eigenvalue weighted by molar-refractivity contribution is 0.903. The number of nitrogens with zero attached hydrogens (tertiary/aromatic N) is 3. The Bertz CT molecular complexity index is 929. The molecule has 0 amide bonds. The van der Waals surface area contributed by atoms with Crippen molar-refractivity contribution in [3.63, 3.8) is 0 Å². The molecule has 92 valence electrons. The first-order chi connectivity index (χ1) is 9.42. The normalized spacial score (nSPS) is 13.9. The van der Waals surface area contributed by atoms with E-state index in [9.17, 15) is 0 Å². The van der Waals surface area contributed by atoms with E-state index in [0.29, 0.717) is 0 Å². The molecular formula is C14H9N3S2. The van der Waals surface area contributed by atoms with Gasteiger partial charge in [0.15, 0.2) is 4.96 Å². The molecule has 0 aliphatic heterocycles. The Labute approximate surface area is 117 Å². The Kier molecular flexibility index (Phi) is 1.83. The number of hydrogen-bond donors (Lipinski definition) is 0. The minimum atomic E-state index is 1.08. The minimum Gasteiger partial charge on any atom is -0.287 e. The summed E-state index contributed by atoms with van der Waals surface area (Å²) >= 11 is 3.54. The molecule has 3 nitrogen and oxygen atoms in total. The number of thiazole rings is 2. The number of hydrogen-bond acceptors (Lipinski definition) is 4. The van der Waals surface area contributed by atoms with Crippen molar-refractivity contribution in [2.75, 3.05) is 0 Å². The third kappa shape index (κ3) is 1.21. The van der Waals surface area contributed by atoms with Crippen molar-refractivity contribution in [1.29, 1.82) is 0 Å². The Morgan fingerprint density at radius 3 is 3.11 bits per heavy atom. The molecule has 4 aromatic rings. The van der Waals surface area contributed by atoms with Crippen molar-refractivity contribution in [3.8, 4) is 10.6 Å². The van der Waals surface area contributed by atoms with Crippen LogP contribution in [0.2, 0.25) is 0 Å². The molecule has 0 bridgehead atoms. The van der Waals surface area contributed by atoms with E-state index >= 15 is 0 Å². The molecule has 1 aliphatic carbocycles. The van der Waals surface area contributed by atoms with E-state index in [4.69, 9.17) is 4.98 Å². The SMILES string of the molecule is c1ccc2c(c1)nc1sc3c(n12)CCc1scnc1-3. The number of rotatable bonds is 0. The van der Waals surface area contributed by atoms with Gasteiger partial charge >= 0.3 is 0 Å². The van der Waals surface area contributed by atoms with Crippen LogP contribution in [0.25, 0.3) is 26.6 Å². The van der Waals surface area contributed by atoms with Crippen LogP contribution < -0.4 is 0 Å². The number of para-hydroxylation sites is 2. The number of imidazole rings is 1. The van der Waals surface area contributed by atoms with Crippen LogP contribution in [0.15, 0.2) is 29.8 Å². The topological polar surface area (TPSA) is 30.2 Å². The maximum Gasteiger partial charge on any atom is 0.195 e. The third-order valence-electron chi connectivity index (χ3n) is 3.70. The van der Waals surface area contributed by atoms with Gasteiger partial charge < -0.3 is 0 Å². The van der Waals surface area contributed by atoms with Gasteiger partial charge in [-0.3, -0.25) is 4.40 Å². The summed E-state index contributed by atoms with van der Waals surface area (Å²) in [5, 5.41) is 0. The van der Waals surface area contributed by atoms with E-state index in [1.165, 1.54) is 26.7 Å². The molecule has 5 rings (SSSR count). The molecule has 0 atom stereocenters. The molecule has 0 N–H and O–H groups in total. The molecule has 3 heterocycles. The Hall–Kier alpha value is -1.72. The van der Waals surface area contributed by atoms with Crippen LogP contribution >= 0.6 is 22.7 Å². The van der Waals surface area contributed by atoms with E-state index in [1.807, 2.05) is 11.6 Å². The number of fused-ring (bicyclic) bond motifs is 7. The first kappa shape index (κ1) is 10.1. The van der Waals surface area contributed by atoms with Crippen molar-refractivity contribution in [2.24, 2.45) is 0 Å². The number of aromatic nitrogens is 3. The van der Waals surface area contributed by atoms with Crippen LogP contribution in [0.1, 0.15) is 10.6 Å². The molecule has 0 unspecified atom stereocenters. The average Bonchev–Trinajstić information content (AvgIpc) is 3.10. The highest BCUT2D eigenvalue weighted by Gasteiger charge is 2.25. The van der Waals surface area contributed by atoms with Gasteiger partial charge in [0.2, 0.25) is 0 Å². The van der Waals surface area contributed by atoms with Gasteiger partial charge in [-0.25, -0.2) is 9.97 Å². The van der Waals surface area contributed by atoms with E-state index in [0.717, 1.165) is 23.3 Å². The summed E-state index contributed by atoms with van der Waals surface area (Å²) in [6.45, 7) is 0. The van der Waals surface area contributed by atoms with Gasteiger partial charge in [-0.2, -0.15) is 0 Å². The van der Waals surface area contributed by atoms with Gasteiger partial charge in [0.05, 0.1) is 27.1 Å². The largest absolute Gasteiger partial charge is 0.287 e. The predicted octanol–water partition coefficient (Wildman–Crippen LogP) is 3.77. The van der Waals surface area contributed by atoms with Crippen molar-refractivity contribution in [1.82, 2.24) is 14.4 Å². The molecule has 3 aromatic heterocycles. The van der Waals surface area contributed by atoms with Gasteiger partial charge in [0, 0.05) is 10.6 Å².